The molecule has 1 atom stereocenters. The molecule has 2 nitrogen and oxygen atoms in total. The molecule has 2 aliphatic rings. The first-order chi connectivity index (χ1) is 7.08. The SMILES string of the molecule is CC1(C)[C]C(=O)N2CCCCC2CCS1. The van der Waals surface area contributed by atoms with Crippen LogP contribution in [0.1, 0.15) is 39.5 Å². The van der Waals surface area contributed by atoms with Crippen LogP contribution in [0.15, 0.2) is 0 Å². The lowest BCUT2D eigenvalue weighted by Crippen LogP contribution is -2.47. The van der Waals surface area contributed by atoms with Gasteiger partial charge >= 0.3 is 0 Å². The van der Waals surface area contributed by atoms with Gasteiger partial charge in [-0.05, 0) is 45.3 Å². The van der Waals surface area contributed by atoms with Crippen LogP contribution in [0, 0.1) is 6.42 Å². The smallest absolute Gasteiger partial charge is 0.232 e. The van der Waals surface area contributed by atoms with E-state index in [4.69, 9.17) is 0 Å². The molecule has 2 aliphatic heterocycles. The molecule has 0 N–H and O–H groups in total. The van der Waals surface area contributed by atoms with Crippen molar-refractivity contribution in [2.24, 2.45) is 0 Å². The number of hydrogen-bond acceptors (Lipinski definition) is 2. The van der Waals surface area contributed by atoms with E-state index < -0.39 is 0 Å². The maximum atomic E-state index is 12.0. The van der Waals surface area contributed by atoms with Gasteiger partial charge in [0.1, 0.15) is 0 Å². The summed E-state index contributed by atoms with van der Waals surface area (Å²) >= 11 is 1.86. The van der Waals surface area contributed by atoms with Gasteiger partial charge in [0.15, 0.2) is 0 Å². The predicted octanol–water partition coefficient (Wildman–Crippen LogP) is 2.36. The van der Waals surface area contributed by atoms with Gasteiger partial charge in [0, 0.05) is 17.3 Å². The lowest BCUT2D eigenvalue weighted by molar-refractivity contribution is -0.131. The van der Waals surface area contributed by atoms with Crippen molar-refractivity contribution in [1.82, 2.24) is 4.90 Å². The van der Waals surface area contributed by atoms with Crippen molar-refractivity contribution >= 4 is 17.7 Å². The third-order valence-corrected chi connectivity index (χ3v) is 4.47. The van der Waals surface area contributed by atoms with E-state index in [1.54, 1.807) is 0 Å². The van der Waals surface area contributed by atoms with Crippen molar-refractivity contribution in [2.45, 2.75) is 50.3 Å². The highest BCUT2D eigenvalue weighted by Gasteiger charge is 2.34. The summed E-state index contributed by atoms with van der Waals surface area (Å²) in [4.78, 5) is 14.1. The molecule has 0 saturated carbocycles. The monoisotopic (exact) mass is 225 g/mol. The second-order valence-corrected chi connectivity index (χ2v) is 6.64. The summed E-state index contributed by atoms with van der Waals surface area (Å²) in [6.07, 6.45) is 7.89. The first-order valence-electron chi connectivity index (χ1n) is 5.81. The third-order valence-electron chi connectivity index (χ3n) is 3.21. The maximum Gasteiger partial charge on any atom is 0.232 e. The summed E-state index contributed by atoms with van der Waals surface area (Å²) in [5, 5.41) is 0. The van der Waals surface area contributed by atoms with E-state index in [0.717, 1.165) is 25.1 Å². The molecule has 15 heavy (non-hydrogen) atoms. The molecule has 2 saturated heterocycles. The molecule has 84 valence electrons. The van der Waals surface area contributed by atoms with E-state index >= 15 is 0 Å². The normalized spacial score (nSPS) is 31.7. The molecule has 0 spiro atoms. The van der Waals surface area contributed by atoms with Crippen molar-refractivity contribution in [2.75, 3.05) is 12.3 Å². The summed E-state index contributed by atoms with van der Waals surface area (Å²) < 4.78 is -0.112. The highest BCUT2D eigenvalue weighted by Crippen LogP contribution is 2.34. The Morgan fingerprint density at radius 3 is 3.00 bits per heavy atom. The molecule has 2 fully saturated rings. The second kappa shape index (κ2) is 4.36. The molecule has 0 bridgehead atoms. The first kappa shape index (κ1) is 11.3. The fraction of sp³-hybridized carbons (Fsp3) is 0.833. The van der Waals surface area contributed by atoms with Gasteiger partial charge in [-0.2, -0.15) is 11.8 Å². The van der Waals surface area contributed by atoms with Crippen LogP contribution in [0.3, 0.4) is 0 Å². The van der Waals surface area contributed by atoms with Gasteiger partial charge in [-0.25, -0.2) is 0 Å². The van der Waals surface area contributed by atoms with E-state index in [2.05, 4.69) is 20.3 Å². The summed E-state index contributed by atoms with van der Waals surface area (Å²) in [5.74, 6) is 1.28. The van der Waals surface area contributed by atoms with Crippen molar-refractivity contribution in [3.8, 4) is 0 Å². The van der Waals surface area contributed by atoms with Crippen LogP contribution < -0.4 is 0 Å². The van der Waals surface area contributed by atoms with E-state index in [0.29, 0.717) is 6.04 Å². The number of nitrogens with zero attached hydrogens (tertiary/aromatic N) is 1. The minimum absolute atomic E-state index is 0.112. The van der Waals surface area contributed by atoms with Gasteiger partial charge in [0.05, 0.1) is 6.42 Å². The van der Waals surface area contributed by atoms with E-state index in [9.17, 15) is 4.79 Å². The number of amides is 1. The Labute approximate surface area is 96.8 Å². The average molecular weight is 225 g/mol. The molecule has 1 amide bonds. The van der Waals surface area contributed by atoms with Crippen LogP contribution in [-0.4, -0.2) is 33.9 Å². The van der Waals surface area contributed by atoms with E-state index in [-0.39, 0.29) is 10.7 Å². The van der Waals surface area contributed by atoms with Crippen molar-refractivity contribution in [3.63, 3.8) is 0 Å². The standard InChI is InChI=1S/C12H19NOS/c1-12(2)9-11(14)13-7-4-3-5-10(13)6-8-15-12/h10H,3-8H2,1-2H3. The largest absolute Gasteiger partial charge is 0.339 e. The zero-order chi connectivity index (χ0) is 10.9. The van der Waals surface area contributed by atoms with Crippen LogP contribution in [0.4, 0.5) is 0 Å². The number of thioether (sulfide) groups is 1. The quantitative estimate of drug-likeness (QED) is 0.631. The van der Waals surface area contributed by atoms with Crippen LogP contribution in [0.25, 0.3) is 0 Å². The molecule has 0 aromatic rings. The molecule has 2 radical (unpaired) electrons. The number of rotatable bonds is 0. The Bertz CT molecular complexity index is 252. The summed E-state index contributed by atoms with van der Waals surface area (Å²) in [6.45, 7) is 5.11. The molecule has 0 aromatic heterocycles. The molecule has 3 heteroatoms. The molecule has 2 rings (SSSR count). The van der Waals surface area contributed by atoms with Crippen LogP contribution >= 0.6 is 11.8 Å². The Morgan fingerprint density at radius 2 is 2.20 bits per heavy atom. The lowest BCUT2D eigenvalue weighted by atomic mass is 9.98. The highest BCUT2D eigenvalue weighted by atomic mass is 32.2. The summed E-state index contributed by atoms with van der Waals surface area (Å²) in [6, 6.07) is 0.488. The predicted molar refractivity (Wildman–Crippen MR) is 63.7 cm³/mol. The molecule has 1 unspecified atom stereocenters. The number of fused-ring (bicyclic) bond motifs is 1. The molecular formula is C12H19NOS. The molecular weight excluding hydrogens is 206 g/mol. The fourth-order valence-electron chi connectivity index (χ4n) is 2.38. The van der Waals surface area contributed by atoms with Gasteiger partial charge in [-0.15, -0.1) is 0 Å². The Balaban J connectivity index is 2.08. The highest BCUT2D eigenvalue weighted by molar-refractivity contribution is 8.00. The maximum absolute atomic E-state index is 12.0. The van der Waals surface area contributed by atoms with Crippen LogP contribution in [0.2, 0.25) is 0 Å². The molecule has 0 aliphatic carbocycles. The first-order valence-corrected chi connectivity index (χ1v) is 6.80. The average Bonchev–Trinajstić information content (AvgIpc) is 2.15. The third kappa shape index (κ3) is 2.68. The summed E-state index contributed by atoms with van der Waals surface area (Å²) in [7, 11) is 0. The van der Waals surface area contributed by atoms with E-state index in [1.807, 2.05) is 16.7 Å². The minimum Gasteiger partial charge on any atom is -0.339 e. The zero-order valence-corrected chi connectivity index (χ0v) is 10.4. The number of carbonyl (C=O) groups excluding carboxylic acids is 1. The van der Waals surface area contributed by atoms with Gasteiger partial charge in [-0.3, -0.25) is 4.79 Å². The van der Waals surface area contributed by atoms with Gasteiger partial charge in [-0.1, -0.05) is 0 Å². The second-order valence-electron chi connectivity index (χ2n) is 4.92. The van der Waals surface area contributed by atoms with Crippen molar-refractivity contribution < 1.29 is 4.79 Å². The lowest BCUT2D eigenvalue weighted by Gasteiger charge is -2.40. The van der Waals surface area contributed by atoms with Crippen molar-refractivity contribution in [3.05, 3.63) is 6.42 Å². The van der Waals surface area contributed by atoms with Gasteiger partial charge < -0.3 is 4.90 Å². The number of piperidine rings is 1. The number of hydrogen-bond donors (Lipinski definition) is 0. The minimum atomic E-state index is -0.112. The Hall–Kier alpha value is -0.180. The van der Waals surface area contributed by atoms with Crippen LogP contribution in [-0.2, 0) is 4.79 Å². The van der Waals surface area contributed by atoms with Gasteiger partial charge in [0.2, 0.25) is 5.91 Å². The Morgan fingerprint density at radius 1 is 1.40 bits per heavy atom. The zero-order valence-electron chi connectivity index (χ0n) is 9.58. The van der Waals surface area contributed by atoms with Crippen molar-refractivity contribution in [1.29, 1.82) is 0 Å². The molecule has 2 heterocycles. The number of carbonyl (C=O) groups is 1. The summed E-state index contributed by atoms with van der Waals surface area (Å²) in [5.41, 5.74) is 0. The van der Waals surface area contributed by atoms with E-state index in [1.165, 1.54) is 12.8 Å². The topological polar surface area (TPSA) is 20.3 Å². The molecule has 0 aromatic carbocycles. The fourth-order valence-corrected chi connectivity index (χ4v) is 3.44. The van der Waals surface area contributed by atoms with Gasteiger partial charge in [0.25, 0.3) is 0 Å². The Kier molecular flexibility index (Phi) is 3.29. The van der Waals surface area contributed by atoms with Crippen LogP contribution in [0.5, 0.6) is 0 Å².